The van der Waals surface area contributed by atoms with Crippen LogP contribution in [0.25, 0.3) is 0 Å². The van der Waals surface area contributed by atoms with Crippen LogP contribution in [0.2, 0.25) is 0 Å². The van der Waals surface area contributed by atoms with E-state index in [9.17, 15) is 0 Å². The van der Waals surface area contributed by atoms with Gasteiger partial charge in [0.2, 0.25) is 11.9 Å². The van der Waals surface area contributed by atoms with E-state index < -0.39 is 0 Å². The van der Waals surface area contributed by atoms with Crippen LogP contribution in [0.15, 0.2) is 12.7 Å². The van der Waals surface area contributed by atoms with Crippen molar-refractivity contribution in [2.75, 3.05) is 36.0 Å². The van der Waals surface area contributed by atoms with E-state index in [1.807, 2.05) is 0 Å². The van der Waals surface area contributed by atoms with Crippen molar-refractivity contribution in [2.24, 2.45) is 5.73 Å². The highest BCUT2D eigenvalue weighted by Crippen LogP contribution is 2.30. The second kappa shape index (κ2) is 7.07. The van der Waals surface area contributed by atoms with Gasteiger partial charge in [-0.3, -0.25) is 0 Å². The molecule has 2 aromatic rings. The van der Waals surface area contributed by atoms with E-state index in [-0.39, 0.29) is 6.04 Å². The molecule has 8 heteroatoms. The van der Waals surface area contributed by atoms with E-state index in [0.717, 1.165) is 63.8 Å². The highest BCUT2D eigenvalue weighted by Gasteiger charge is 2.27. The average Bonchev–Trinajstić information content (AvgIpc) is 3.35. The first-order valence-corrected chi connectivity index (χ1v) is 10.3. The molecule has 1 aliphatic carbocycles. The first-order chi connectivity index (χ1) is 13.3. The molecule has 0 saturated carbocycles. The second-order valence-corrected chi connectivity index (χ2v) is 8.05. The predicted molar refractivity (Wildman–Crippen MR) is 104 cm³/mol. The highest BCUT2D eigenvalue weighted by molar-refractivity contribution is 5.39. The van der Waals surface area contributed by atoms with Gasteiger partial charge in [-0.15, -0.1) is 0 Å². The molecule has 2 fully saturated rings. The van der Waals surface area contributed by atoms with Gasteiger partial charge in [-0.05, 0) is 44.9 Å². The minimum atomic E-state index is 0.224. The number of anilines is 2. The van der Waals surface area contributed by atoms with E-state index in [4.69, 9.17) is 10.7 Å². The van der Waals surface area contributed by atoms with E-state index in [0.29, 0.717) is 6.04 Å². The van der Waals surface area contributed by atoms with Crippen LogP contribution in [-0.4, -0.2) is 56.7 Å². The lowest BCUT2D eigenvalue weighted by Crippen LogP contribution is -2.36. The molecule has 0 aromatic carbocycles. The molecule has 2 saturated heterocycles. The Hall–Kier alpha value is -2.22. The fourth-order valence-corrected chi connectivity index (χ4v) is 4.70. The fourth-order valence-electron chi connectivity index (χ4n) is 4.70. The Bertz CT molecular complexity index is 795. The molecule has 1 atom stereocenters. The van der Waals surface area contributed by atoms with E-state index in [1.165, 1.54) is 30.7 Å². The van der Waals surface area contributed by atoms with Gasteiger partial charge in [0.25, 0.3) is 0 Å². The summed E-state index contributed by atoms with van der Waals surface area (Å²) in [6.45, 7) is 3.71. The minimum absolute atomic E-state index is 0.224. The number of hydrogen-bond donors (Lipinski definition) is 1. The van der Waals surface area contributed by atoms with Crippen molar-refractivity contribution in [2.45, 2.75) is 57.0 Å². The molecule has 2 N–H and O–H groups in total. The third-order valence-corrected chi connectivity index (χ3v) is 6.25. The van der Waals surface area contributed by atoms with Gasteiger partial charge >= 0.3 is 0 Å². The molecule has 0 amide bonds. The fraction of sp³-hybridized carbons (Fsp3) is 0.684. The minimum Gasteiger partial charge on any atom is -0.341 e. The van der Waals surface area contributed by atoms with Gasteiger partial charge in [0.1, 0.15) is 6.33 Å². The molecule has 3 aliphatic rings. The first-order valence-electron chi connectivity index (χ1n) is 10.3. The third-order valence-electron chi connectivity index (χ3n) is 6.25. The van der Waals surface area contributed by atoms with Crippen molar-refractivity contribution in [3.63, 3.8) is 0 Å². The molecular weight excluding hydrogens is 340 g/mol. The Morgan fingerprint density at radius 1 is 0.889 bits per heavy atom. The maximum Gasteiger partial charge on any atom is 0.230 e. The SMILES string of the molecule is NC1CCN(c2ncnc(N3CCC(n4cnc5c4CCCC5)CC3)n2)C1. The molecule has 0 spiro atoms. The van der Waals surface area contributed by atoms with Crippen molar-refractivity contribution >= 4 is 11.9 Å². The standard InChI is InChI=1S/C19H28N8/c20-14-5-8-26(11-14)19-22-12-21-18(24-19)25-9-6-15(7-10-25)27-13-23-16-3-1-2-4-17(16)27/h12-15H,1-11,20H2. The molecule has 8 nitrogen and oxygen atoms in total. The lowest BCUT2D eigenvalue weighted by atomic mass is 9.99. The van der Waals surface area contributed by atoms with Crippen molar-refractivity contribution in [1.82, 2.24) is 24.5 Å². The summed E-state index contributed by atoms with van der Waals surface area (Å²) in [5.41, 5.74) is 8.83. The molecule has 0 radical (unpaired) electrons. The van der Waals surface area contributed by atoms with Gasteiger partial charge in [-0.25, -0.2) is 15.0 Å². The van der Waals surface area contributed by atoms with Crippen LogP contribution in [0, 0.1) is 0 Å². The topological polar surface area (TPSA) is 89.0 Å². The van der Waals surface area contributed by atoms with Crippen LogP contribution in [0.5, 0.6) is 0 Å². The summed E-state index contributed by atoms with van der Waals surface area (Å²) in [5, 5.41) is 0. The largest absolute Gasteiger partial charge is 0.341 e. The van der Waals surface area contributed by atoms with Crippen molar-refractivity contribution in [1.29, 1.82) is 0 Å². The van der Waals surface area contributed by atoms with E-state index in [2.05, 4.69) is 35.6 Å². The van der Waals surface area contributed by atoms with Crippen molar-refractivity contribution in [3.8, 4) is 0 Å². The number of aromatic nitrogens is 5. The van der Waals surface area contributed by atoms with Crippen LogP contribution < -0.4 is 15.5 Å². The number of rotatable bonds is 3. The molecule has 27 heavy (non-hydrogen) atoms. The lowest BCUT2D eigenvalue weighted by molar-refractivity contribution is 0.381. The summed E-state index contributed by atoms with van der Waals surface area (Å²) >= 11 is 0. The quantitative estimate of drug-likeness (QED) is 0.874. The van der Waals surface area contributed by atoms with Gasteiger partial charge in [0.15, 0.2) is 0 Å². The summed E-state index contributed by atoms with van der Waals surface area (Å²) in [5.74, 6) is 1.56. The molecule has 4 heterocycles. The Kier molecular flexibility index (Phi) is 4.43. The Morgan fingerprint density at radius 2 is 1.63 bits per heavy atom. The molecule has 1 unspecified atom stereocenters. The number of nitrogens with two attached hydrogens (primary N) is 1. The summed E-state index contributed by atoms with van der Waals surface area (Å²) in [6.07, 6.45) is 11.9. The predicted octanol–water partition coefficient (Wildman–Crippen LogP) is 1.33. The van der Waals surface area contributed by atoms with Crippen molar-refractivity contribution in [3.05, 3.63) is 24.0 Å². The summed E-state index contributed by atoms with van der Waals surface area (Å²) < 4.78 is 2.45. The Labute approximate surface area is 159 Å². The lowest BCUT2D eigenvalue weighted by Gasteiger charge is -2.33. The van der Waals surface area contributed by atoms with Crippen LogP contribution in [-0.2, 0) is 12.8 Å². The van der Waals surface area contributed by atoms with Crippen molar-refractivity contribution < 1.29 is 0 Å². The molecule has 5 rings (SSSR count). The van der Waals surface area contributed by atoms with Crippen LogP contribution >= 0.6 is 0 Å². The number of fused-ring (bicyclic) bond motifs is 1. The molecule has 2 aromatic heterocycles. The van der Waals surface area contributed by atoms with Gasteiger partial charge in [0, 0.05) is 44.0 Å². The molecular formula is C19H28N8. The smallest absolute Gasteiger partial charge is 0.230 e. The molecule has 0 bridgehead atoms. The highest BCUT2D eigenvalue weighted by atomic mass is 15.3. The summed E-state index contributed by atoms with van der Waals surface area (Å²) in [6, 6.07) is 0.774. The maximum atomic E-state index is 6.02. The molecule has 144 valence electrons. The first kappa shape index (κ1) is 16.9. The second-order valence-electron chi connectivity index (χ2n) is 8.05. The van der Waals surface area contributed by atoms with Crippen LogP contribution in [0.4, 0.5) is 11.9 Å². The van der Waals surface area contributed by atoms with Gasteiger partial charge in [0.05, 0.1) is 12.0 Å². The van der Waals surface area contributed by atoms with Gasteiger partial charge in [-0.1, -0.05) is 0 Å². The van der Waals surface area contributed by atoms with E-state index >= 15 is 0 Å². The van der Waals surface area contributed by atoms with Crippen LogP contribution in [0.1, 0.15) is 49.5 Å². The normalized spacial score (nSPS) is 23.7. The number of piperidine rings is 1. The van der Waals surface area contributed by atoms with Gasteiger partial charge < -0.3 is 20.1 Å². The van der Waals surface area contributed by atoms with Gasteiger partial charge in [-0.2, -0.15) is 4.98 Å². The number of hydrogen-bond acceptors (Lipinski definition) is 7. The Morgan fingerprint density at radius 3 is 2.41 bits per heavy atom. The summed E-state index contributed by atoms with van der Waals surface area (Å²) in [4.78, 5) is 22.7. The summed E-state index contributed by atoms with van der Waals surface area (Å²) in [7, 11) is 0. The van der Waals surface area contributed by atoms with E-state index in [1.54, 1.807) is 6.33 Å². The molecule has 2 aliphatic heterocycles. The number of imidazole rings is 1. The zero-order valence-corrected chi connectivity index (χ0v) is 15.8. The van der Waals surface area contributed by atoms with Crippen LogP contribution in [0.3, 0.4) is 0 Å². The average molecular weight is 368 g/mol. The third kappa shape index (κ3) is 3.26. The monoisotopic (exact) mass is 368 g/mol. The number of aryl methyl sites for hydroxylation is 1. The Balaban J connectivity index is 1.26. The zero-order chi connectivity index (χ0) is 18.2. The number of nitrogens with zero attached hydrogens (tertiary/aromatic N) is 7. The zero-order valence-electron chi connectivity index (χ0n) is 15.8. The maximum absolute atomic E-state index is 6.02.